The van der Waals surface area contributed by atoms with E-state index in [4.69, 9.17) is 0 Å². The molecule has 0 saturated heterocycles. The fourth-order valence-corrected chi connectivity index (χ4v) is 3.60. The first-order valence-corrected chi connectivity index (χ1v) is 10.3. The predicted molar refractivity (Wildman–Crippen MR) is 117 cm³/mol. The van der Waals surface area contributed by atoms with Crippen LogP contribution >= 0.6 is 0 Å². The minimum Gasteiger partial charge on any atom is -0.435 e. The zero-order valence-corrected chi connectivity index (χ0v) is 17.6. The number of rotatable bonds is 9. The number of anilines is 1. The van der Waals surface area contributed by atoms with Crippen LogP contribution in [0.15, 0.2) is 72.8 Å². The van der Waals surface area contributed by atoms with E-state index in [0.717, 1.165) is 34.4 Å². The van der Waals surface area contributed by atoms with E-state index in [1.165, 1.54) is 12.1 Å². The largest absolute Gasteiger partial charge is 0.435 e. The molecule has 0 spiro atoms. The van der Waals surface area contributed by atoms with Crippen molar-refractivity contribution >= 4 is 11.6 Å². The Hall–Kier alpha value is -3.25. The number of amides is 1. The molecule has 31 heavy (non-hydrogen) atoms. The van der Waals surface area contributed by atoms with Gasteiger partial charge in [-0.25, -0.2) is 0 Å². The summed E-state index contributed by atoms with van der Waals surface area (Å²) < 4.78 is 29.3. The van der Waals surface area contributed by atoms with E-state index in [-0.39, 0.29) is 24.2 Å². The van der Waals surface area contributed by atoms with Crippen LogP contribution in [0.2, 0.25) is 0 Å². The Bertz CT molecular complexity index is 992. The molecule has 3 rings (SSSR count). The number of alkyl halides is 2. The lowest BCUT2D eigenvalue weighted by atomic mass is 9.98. The van der Waals surface area contributed by atoms with E-state index in [1.807, 2.05) is 60.8 Å². The standard InChI is InChI=1S/C25H26F2N2O2/c1-3-18-11-7-8-17(2)23(18)29-22(30)16-28-24(19-9-5-4-6-10-19)20-12-14-21(15-13-20)31-25(26)27/h4-15,24-25,28H,3,16H2,1-2H3,(H,29,30)/p+1/t24-/m0/s1. The molecule has 0 aliphatic carbocycles. The van der Waals surface area contributed by atoms with Crippen molar-refractivity contribution in [1.82, 2.24) is 0 Å². The average Bonchev–Trinajstić information content (AvgIpc) is 2.77. The number of hydrogen-bond donors (Lipinski definition) is 2. The summed E-state index contributed by atoms with van der Waals surface area (Å²) in [5, 5.41) is 4.99. The average molecular weight is 425 g/mol. The van der Waals surface area contributed by atoms with E-state index in [9.17, 15) is 13.6 Å². The Morgan fingerprint density at radius 2 is 1.65 bits per heavy atom. The van der Waals surface area contributed by atoms with Gasteiger partial charge in [0, 0.05) is 16.8 Å². The maximum atomic E-state index is 12.7. The molecule has 4 nitrogen and oxygen atoms in total. The summed E-state index contributed by atoms with van der Waals surface area (Å²) in [6, 6.07) is 22.1. The number of nitrogens with one attached hydrogen (secondary N) is 1. The molecule has 0 radical (unpaired) electrons. The number of nitrogens with two attached hydrogens (primary N) is 1. The van der Waals surface area contributed by atoms with Crippen molar-refractivity contribution in [3.05, 3.63) is 95.1 Å². The molecule has 3 N–H and O–H groups in total. The van der Waals surface area contributed by atoms with Crippen molar-refractivity contribution in [3.63, 3.8) is 0 Å². The zero-order valence-electron chi connectivity index (χ0n) is 17.6. The number of hydrogen-bond acceptors (Lipinski definition) is 2. The second-order valence-corrected chi connectivity index (χ2v) is 7.29. The maximum absolute atomic E-state index is 12.7. The van der Waals surface area contributed by atoms with Crippen LogP contribution in [0.1, 0.15) is 35.2 Å². The molecule has 0 unspecified atom stereocenters. The molecule has 3 aromatic rings. The fraction of sp³-hybridized carbons (Fsp3) is 0.240. The third kappa shape index (κ3) is 6.12. The SMILES string of the molecule is CCc1cccc(C)c1NC(=O)C[NH2+][C@@H](c1ccccc1)c1ccc(OC(F)F)cc1. The van der Waals surface area contributed by atoms with Crippen LogP contribution in [0.3, 0.4) is 0 Å². The van der Waals surface area contributed by atoms with Gasteiger partial charge in [0.25, 0.3) is 5.91 Å². The van der Waals surface area contributed by atoms with Crippen molar-refractivity contribution in [2.24, 2.45) is 0 Å². The maximum Gasteiger partial charge on any atom is 0.387 e. The molecule has 0 aliphatic heterocycles. The number of aryl methyl sites for hydroxylation is 2. The van der Waals surface area contributed by atoms with Gasteiger partial charge in [0.2, 0.25) is 0 Å². The molecule has 0 heterocycles. The van der Waals surface area contributed by atoms with Crippen LogP contribution < -0.4 is 15.4 Å². The summed E-state index contributed by atoms with van der Waals surface area (Å²) in [6.45, 7) is 1.39. The van der Waals surface area contributed by atoms with Gasteiger partial charge in [-0.05, 0) is 48.7 Å². The van der Waals surface area contributed by atoms with Crippen LogP contribution in [0.25, 0.3) is 0 Å². The van der Waals surface area contributed by atoms with Gasteiger partial charge in [0.05, 0.1) is 0 Å². The lowest BCUT2D eigenvalue weighted by Gasteiger charge is -2.18. The third-order valence-electron chi connectivity index (χ3n) is 5.17. The number of carbonyl (C=O) groups is 1. The molecule has 0 bridgehead atoms. The molecule has 0 saturated carbocycles. The van der Waals surface area contributed by atoms with Gasteiger partial charge < -0.3 is 15.4 Å². The Balaban J connectivity index is 1.75. The zero-order chi connectivity index (χ0) is 22.2. The Kier molecular flexibility index (Phi) is 7.73. The van der Waals surface area contributed by atoms with Gasteiger partial charge in [0.1, 0.15) is 11.8 Å². The highest BCUT2D eigenvalue weighted by Crippen LogP contribution is 2.23. The first-order chi connectivity index (χ1) is 15.0. The van der Waals surface area contributed by atoms with E-state index in [0.29, 0.717) is 0 Å². The highest BCUT2D eigenvalue weighted by molar-refractivity contribution is 5.93. The molecule has 3 aromatic carbocycles. The number of halogens is 2. The van der Waals surface area contributed by atoms with Crippen LogP contribution in [-0.4, -0.2) is 19.1 Å². The van der Waals surface area contributed by atoms with Crippen LogP contribution in [-0.2, 0) is 11.2 Å². The molecule has 0 aliphatic rings. The molecule has 0 fully saturated rings. The number of benzene rings is 3. The van der Waals surface area contributed by atoms with Crippen LogP contribution in [0.5, 0.6) is 5.75 Å². The summed E-state index contributed by atoms with van der Waals surface area (Å²) in [7, 11) is 0. The van der Waals surface area contributed by atoms with Gasteiger partial charge in [0.15, 0.2) is 6.54 Å². The molecule has 0 aromatic heterocycles. The first-order valence-electron chi connectivity index (χ1n) is 10.3. The number of ether oxygens (including phenoxy) is 1. The molecule has 1 atom stereocenters. The van der Waals surface area contributed by atoms with Crippen molar-refractivity contribution in [2.45, 2.75) is 32.9 Å². The first kappa shape index (κ1) is 22.4. The Labute approximate surface area is 181 Å². The van der Waals surface area contributed by atoms with Gasteiger partial charge in [-0.15, -0.1) is 0 Å². The summed E-state index contributed by atoms with van der Waals surface area (Å²) in [5.41, 5.74) is 4.91. The van der Waals surface area contributed by atoms with Gasteiger partial charge in [-0.3, -0.25) is 4.79 Å². The van der Waals surface area contributed by atoms with E-state index in [2.05, 4.69) is 17.0 Å². The lowest BCUT2D eigenvalue weighted by molar-refractivity contribution is -0.676. The number of carbonyl (C=O) groups excluding carboxylic acids is 1. The van der Waals surface area contributed by atoms with Gasteiger partial charge in [-0.1, -0.05) is 55.5 Å². The van der Waals surface area contributed by atoms with Crippen LogP contribution in [0, 0.1) is 6.92 Å². The predicted octanol–water partition coefficient (Wildman–Crippen LogP) is 4.45. The van der Waals surface area contributed by atoms with Gasteiger partial charge in [-0.2, -0.15) is 8.78 Å². The highest BCUT2D eigenvalue weighted by Gasteiger charge is 2.20. The highest BCUT2D eigenvalue weighted by atomic mass is 19.3. The number of quaternary nitrogens is 1. The Morgan fingerprint density at radius 3 is 2.29 bits per heavy atom. The second-order valence-electron chi connectivity index (χ2n) is 7.29. The van der Waals surface area contributed by atoms with Crippen molar-refractivity contribution in [3.8, 4) is 5.75 Å². The third-order valence-corrected chi connectivity index (χ3v) is 5.17. The van der Waals surface area contributed by atoms with Crippen molar-refractivity contribution in [1.29, 1.82) is 0 Å². The summed E-state index contributed by atoms with van der Waals surface area (Å²) >= 11 is 0. The second kappa shape index (κ2) is 10.7. The fourth-order valence-electron chi connectivity index (χ4n) is 3.60. The van der Waals surface area contributed by atoms with E-state index in [1.54, 1.807) is 12.1 Å². The van der Waals surface area contributed by atoms with E-state index >= 15 is 0 Å². The minimum absolute atomic E-state index is 0.0948. The smallest absolute Gasteiger partial charge is 0.387 e. The molecular weight excluding hydrogens is 398 g/mol. The topological polar surface area (TPSA) is 54.9 Å². The number of para-hydroxylation sites is 1. The van der Waals surface area contributed by atoms with Crippen molar-refractivity contribution < 1.29 is 23.6 Å². The monoisotopic (exact) mass is 425 g/mol. The molecular formula is C25H27F2N2O2+. The van der Waals surface area contributed by atoms with Gasteiger partial charge >= 0.3 is 6.61 Å². The molecule has 6 heteroatoms. The summed E-state index contributed by atoms with van der Waals surface area (Å²) in [6.07, 6.45) is 0.834. The minimum atomic E-state index is -2.86. The Morgan fingerprint density at radius 1 is 0.968 bits per heavy atom. The molecule has 1 amide bonds. The summed E-state index contributed by atoms with van der Waals surface area (Å²) in [4.78, 5) is 12.7. The normalized spacial score (nSPS) is 11.9. The lowest BCUT2D eigenvalue weighted by Crippen LogP contribution is -2.87. The van der Waals surface area contributed by atoms with E-state index < -0.39 is 6.61 Å². The van der Waals surface area contributed by atoms with Crippen molar-refractivity contribution in [2.75, 3.05) is 11.9 Å². The quantitative estimate of drug-likeness (QED) is 0.532. The summed E-state index contributed by atoms with van der Waals surface area (Å²) in [5.74, 6) is 0.0116. The van der Waals surface area contributed by atoms with Crippen LogP contribution in [0.4, 0.5) is 14.5 Å². The molecule has 162 valence electrons.